The van der Waals surface area contributed by atoms with Gasteiger partial charge in [0.05, 0.1) is 26.0 Å². The van der Waals surface area contributed by atoms with Crippen molar-refractivity contribution >= 4 is 11.7 Å². The normalized spacial score (nSPS) is 16.8. The van der Waals surface area contributed by atoms with Crippen molar-refractivity contribution < 1.29 is 14.3 Å². The van der Waals surface area contributed by atoms with Gasteiger partial charge in [-0.3, -0.25) is 14.5 Å². The van der Waals surface area contributed by atoms with Crippen molar-refractivity contribution in [2.45, 2.75) is 12.5 Å². The van der Waals surface area contributed by atoms with Gasteiger partial charge in [0.25, 0.3) is 5.91 Å². The smallest absolute Gasteiger partial charge is 0.261 e. The molecule has 2 aromatic rings. The van der Waals surface area contributed by atoms with Gasteiger partial charge in [0.2, 0.25) is 11.8 Å². The zero-order valence-electron chi connectivity index (χ0n) is 14.8. The molecule has 0 aliphatic carbocycles. The highest BCUT2D eigenvalue weighted by atomic mass is 16.5. The highest BCUT2D eigenvalue weighted by molar-refractivity contribution is 5.96. The van der Waals surface area contributed by atoms with Crippen LogP contribution in [-0.4, -0.2) is 71.0 Å². The largest absolute Gasteiger partial charge is 0.479 e. The lowest BCUT2D eigenvalue weighted by Crippen LogP contribution is -2.31. The van der Waals surface area contributed by atoms with E-state index in [2.05, 4.69) is 15.1 Å². The van der Waals surface area contributed by atoms with Crippen LogP contribution in [0.2, 0.25) is 0 Å². The molecule has 9 nitrogen and oxygen atoms in total. The Hall–Kier alpha value is -2.84. The summed E-state index contributed by atoms with van der Waals surface area (Å²) < 4.78 is 12.6. The number of amides is 1. The van der Waals surface area contributed by atoms with E-state index in [9.17, 15) is 4.79 Å². The van der Waals surface area contributed by atoms with Crippen molar-refractivity contribution in [1.82, 2.24) is 24.6 Å². The fourth-order valence-electron chi connectivity index (χ4n) is 2.73. The molecule has 1 aliphatic heterocycles. The van der Waals surface area contributed by atoms with Crippen molar-refractivity contribution in [2.24, 2.45) is 7.05 Å². The van der Waals surface area contributed by atoms with Crippen molar-refractivity contribution in [3.05, 3.63) is 24.2 Å². The predicted octanol–water partition coefficient (Wildman–Crippen LogP) is 0.578. The molecule has 1 saturated heterocycles. The zero-order valence-corrected chi connectivity index (χ0v) is 14.8. The van der Waals surface area contributed by atoms with E-state index in [0.717, 1.165) is 12.2 Å². The molecular formula is C16H22N6O3. The minimum absolute atomic E-state index is 0.107. The molecule has 134 valence electrons. The minimum atomic E-state index is -0.113. The van der Waals surface area contributed by atoms with E-state index in [0.29, 0.717) is 30.4 Å². The molecule has 25 heavy (non-hydrogen) atoms. The summed E-state index contributed by atoms with van der Waals surface area (Å²) in [6, 6.07) is 0. The zero-order chi connectivity index (χ0) is 18.0. The van der Waals surface area contributed by atoms with Crippen LogP contribution in [0.1, 0.15) is 16.8 Å². The fraction of sp³-hybridized carbons (Fsp3) is 0.500. The molecule has 1 atom stereocenters. The van der Waals surface area contributed by atoms with Gasteiger partial charge in [-0.1, -0.05) is 0 Å². The molecule has 0 radical (unpaired) electrons. The van der Waals surface area contributed by atoms with Crippen LogP contribution in [0, 0.1) is 0 Å². The van der Waals surface area contributed by atoms with Crippen LogP contribution in [0.3, 0.4) is 0 Å². The number of methoxy groups -OCH3 is 1. The molecule has 1 fully saturated rings. The second-order valence-corrected chi connectivity index (χ2v) is 6.12. The molecule has 1 aliphatic rings. The van der Waals surface area contributed by atoms with Crippen LogP contribution >= 0.6 is 0 Å². The van der Waals surface area contributed by atoms with Gasteiger partial charge in [0.15, 0.2) is 5.82 Å². The van der Waals surface area contributed by atoms with E-state index < -0.39 is 0 Å². The number of carbonyl (C=O) groups excluding carboxylic acids is 1. The molecule has 2 aromatic heterocycles. The van der Waals surface area contributed by atoms with E-state index in [4.69, 9.17) is 9.47 Å². The molecule has 0 spiro atoms. The summed E-state index contributed by atoms with van der Waals surface area (Å²) >= 11 is 0. The SMILES string of the molecule is COc1nn(C)cc1C(=O)N1CC[C@H](Oc2cncc(N(C)C)n2)C1. The van der Waals surface area contributed by atoms with Crippen molar-refractivity contribution in [3.63, 3.8) is 0 Å². The Labute approximate surface area is 146 Å². The number of ether oxygens (including phenoxy) is 2. The lowest BCUT2D eigenvalue weighted by Gasteiger charge is -2.17. The van der Waals surface area contributed by atoms with Crippen molar-refractivity contribution in [2.75, 3.05) is 39.2 Å². The number of hydrogen-bond acceptors (Lipinski definition) is 7. The number of rotatable bonds is 5. The molecule has 0 bridgehead atoms. The maximum atomic E-state index is 12.7. The number of aryl methyl sites for hydroxylation is 1. The Bertz CT molecular complexity index is 760. The first-order valence-electron chi connectivity index (χ1n) is 8.01. The first-order chi connectivity index (χ1) is 12.0. The molecule has 1 amide bonds. The van der Waals surface area contributed by atoms with E-state index >= 15 is 0 Å². The number of likely N-dealkylation sites (tertiary alicyclic amines) is 1. The Morgan fingerprint density at radius 2 is 2.16 bits per heavy atom. The summed E-state index contributed by atoms with van der Waals surface area (Å²) in [7, 11) is 7.05. The molecule has 0 N–H and O–H groups in total. The van der Waals surface area contributed by atoms with Crippen LogP contribution in [0.15, 0.2) is 18.6 Å². The standard InChI is InChI=1S/C16H22N6O3/c1-20(2)13-7-17-8-14(18-13)25-11-5-6-22(9-11)16(23)12-10-21(3)19-15(12)24-4/h7-8,10-11H,5-6,9H2,1-4H3/t11-/m0/s1. The molecule has 0 unspecified atom stereocenters. The highest BCUT2D eigenvalue weighted by Crippen LogP contribution is 2.22. The molecule has 3 rings (SSSR count). The molecule has 0 aromatic carbocycles. The topological polar surface area (TPSA) is 85.6 Å². The van der Waals surface area contributed by atoms with Crippen molar-refractivity contribution in [3.8, 4) is 11.8 Å². The average Bonchev–Trinajstić information content (AvgIpc) is 3.20. The third-order valence-electron chi connectivity index (χ3n) is 4.00. The van der Waals surface area contributed by atoms with Crippen LogP contribution in [0.5, 0.6) is 11.8 Å². The van der Waals surface area contributed by atoms with Gasteiger partial charge in [-0.05, 0) is 0 Å². The van der Waals surface area contributed by atoms with Gasteiger partial charge in [0.1, 0.15) is 11.7 Å². The summed E-state index contributed by atoms with van der Waals surface area (Å²) in [4.78, 5) is 24.8. The van der Waals surface area contributed by atoms with Gasteiger partial charge in [-0.15, -0.1) is 5.10 Å². The maximum Gasteiger partial charge on any atom is 0.261 e. The predicted molar refractivity (Wildman–Crippen MR) is 91.1 cm³/mol. The molecule has 9 heteroatoms. The minimum Gasteiger partial charge on any atom is -0.479 e. The Morgan fingerprint density at radius 1 is 1.36 bits per heavy atom. The van der Waals surface area contributed by atoms with Gasteiger partial charge in [-0.2, -0.15) is 4.98 Å². The molecule has 0 saturated carbocycles. The average molecular weight is 346 g/mol. The van der Waals surface area contributed by atoms with Crippen LogP contribution in [0.4, 0.5) is 5.82 Å². The third kappa shape index (κ3) is 3.65. The number of nitrogens with zero attached hydrogens (tertiary/aromatic N) is 6. The lowest BCUT2D eigenvalue weighted by molar-refractivity contribution is 0.0767. The van der Waals surface area contributed by atoms with E-state index in [1.165, 1.54) is 7.11 Å². The van der Waals surface area contributed by atoms with Crippen LogP contribution < -0.4 is 14.4 Å². The first-order valence-corrected chi connectivity index (χ1v) is 8.01. The molecule has 3 heterocycles. The fourth-order valence-corrected chi connectivity index (χ4v) is 2.73. The number of carbonyl (C=O) groups is 1. The number of anilines is 1. The maximum absolute atomic E-state index is 12.7. The van der Waals surface area contributed by atoms with Crippen LogP contribution in [-0.2, 0) is 7.05 Å². The first kappa shape index (κ1) is 17.0. The Morgan fingerprint density at radius 3 is 2.88 bits per heavy atom. The third-order valence-corrected chi connectivity index (χ3v) is 4.00. The monoisotopic (exact) mass is 346 g/mol. The second kappa shape index (κ2) is 6.96. The quantitative estimate of drug-likeness (QED) is 0.783. The number of aromatic nitrogens is 4. The summed E-state index contributed by atoms with van der Waals surface area (Å²) in [5.41, 5.74) is 0.458. The van der Waals surface area contributed by atoms with E-state index in [-0.39, 0.29) is 12.0 Å². The van der Waals surface area contributed by atoms with Crippen molar-refractivity contribution in [1.29, 1.82) is 0 Å². The number of hydrogen-bond donors (Lipinski definition) is 0. The van der Waals surface area contributed by atoms with Gasteiger partial charge >= 0.3 is 0 Å². The van der Waals surface area contributed by atoms with Gasteiger partial charge < -0.3 is 19.3 Å². The Kier molecular flexibility index (Phi) is 4.73. The van der Waals surface area contributed by atoms with E-state index in [1.807, 2.05) is 19.0 Å². The highest BCUT2D eigenvalue weighted by Gasteiger charge is 2.31. The Balaban J connectivity index is 1.65. The summed E-state index contributed by atoms with van der Waals surface area (Å²) in [6.07, 6.45) is 5.55. The molecular weight excluding hydrogens is 324 g/mol. The lowest BCUT2D eigenvalue weighted by atomic mass is 10.3. The summed E-state index contributed by atoms with van der Waals surface area (Å²) in [5, 5.41) is 4.13. The van der Waals surface area contributed by atoms with E-state index in [1.54, 1.807) is 35.2 Å². The summed E-state index contributed by atoms with van der Waals surface area (Å²) in [5.74, 6) is 1.42. The second-order valence-electron chi connectivity index (χ2n) is 6.12. The summed E-state index contributed by atoms with van der Waals surface area (Å²) in [6.45, 7) is 1.10. The van der Waals surface area contributed by atoms with Gasteiger partial charge in [0, 0.05) is 40.3 Å². The van der Waals surface area contributed by atoms with Gasteiger partial charge in [-0.25, -0.2) is 0 Å². The van der Waals surface area contributed by atoms with Crippen LogP contribution in [0.25, 0.3) is 0 Å².